The molecule has 0 radical (unpaired) electrons. The fourth-order valence-corrected chi connectivity index (χ4v) is 4.36. The van der Waals surface area contributed by atoms with E-state index in [1.54, 1.807) is 46.7 Å². The van der Waals surface area contributed by atoms with Crippen LogP contribution in [0.1, 0.15) is 29.6 Å². The fraction of sp³-hybridized carbons (Fsp3) is 0.375. The van der Waals surface area contributed by atoms with Crippen LogP contribution in [0.25, 0.3) is 11.3 Å². The number of carbonyl (C=O) groups excluding carboxylic acids is 1. The number of nitrogens with one attached hydrogen (secondary N) is 3. The van der Waals surface area contributed by atoms with Gasteiger partial charge in [0.25, 0.3) is 11.5 Å². The Labute approximate surface area is 206 Å². The Balaban J connectivity index is 1.29. The van der Waals surface area contributed by atoms with Crippen molar-refractivity contribution in [2.24, 2.45) is 5.92 Å². The smallest absolute Gasteiger partial charge is 0.278 e. The predicted molar refractivity (Wildman–Crippen MR) is 133 cm³/mol. The van der Waals surface area contributed by atoms with Crippen molar-refractivity contribution >= 4 is 28.9 Å². The van der Waals surface area contributed by atoms with Crippen LogP contribution < -0.4 is 21.5 Å². The average molecular weight is 490 g/mol. The molecule has 2 aliphatic rings. The lowest BCUT2D eigenvalue weighted by molar-refractivity contribution is 0.0952. The third-order valence-corrected chi connectivity index (χ3v) is 6.46. The first-order chi connectivity index (χ1) is 17.6. The highest BCUT2D eigenvalue weighted by molar-refractivity contribution is 6.00. The standard InChI is InChI=1S/C24H27N9O3/c1-25-21-9-20(30-22-18(11-27-33(21)22)23(34)28-16-4-5-16)29-19-3-2-7-32(24(19)35)17-10-26-31(13-17)12-15-6-8-36-14-15/h2-3,7,9-11,13,15-16,25H,4-6,8,12,14H2,1H3,(H,28,34)(H,29,30)/t15-/m1/s1. The minimum atomic E-state index is -0.242. The van der Waals surface area contributed by atoms with E-state index in [0.29, 0.717) is 40.1 Å². The molecular formula is C24H27N9O3. The van der Waals surface area contributed by atoms with Crippen LogP contribution in [0.2, 0.25) is 0 Å². The van der Waals surface area contributed by atoms with Crippen LogP contribution in [0.15, 0.2) is 47.8 Å². The van der Waals surface area contributed by atoms with Gasteiger partial charge in [0, 0.05) is 50.6 Å². The molecule has 3 N–H and O–H groups in total. The van der Waals surface area contributed by atoms with E-state index < -0.39 is 0 Å². The van der Waals surface area contributed by atoms with E-state index in [2.05, 4.69) is 31.1 Å². The maximum absolute atomic E-state index is 13.3. The van der Waals surface area contributed by atoms with Gasteiger partial charge in [-0.3, -0.25) is 18.8 Å². The Morgan fingerprint density at radius 3 is 2.89 bits per heavy atom. The van der Waals surface area contributed by atoms with E-state index in [1.807, 2.05) is 10.9 Å². The number of rotatable bonds is 8. The van der Waals surface area contributed by atoms with Crippen LogP contribution >= 0.6 is 0 Å². The van der Waals surface area contributed by atoms with E-state index in [1.165, 1.54) is 6.20 Å². The highest BCUT2D eigenvalue weighted by Crippen LogP contribution is 2.23. The average Bonchev–Trinajstić information content (AvgIpc) is 3.26. The van der Waals surface area contributed by atoms with Crippen molar-refractivity contribution in [2.45, 2.75) is 31.8 Å². The molecule has 12 heteroatoms. The van der Waals surface area contributed by atoms with Gasteiger partial charge in [-0.1, -0.05) is 0 Å². The molecule has 0 unspecified atom stereocenters. The number of carbonyl (C=O) groups is 1. The zero-order chi connectivity index (χ0) is 24.6. The van der Waals surface area contributed by atoms with E-state index in [9.17, 15) is 9.59 Å². The summed E-state index contributed by atoms with van der Waals surface area (Å²) in [4.78, 5) is 30.6. The maximum atomic E-state index is 13.3. The van der Waals surface area contributed by atoms with Gasteiger partial charge in [0.05, 0.1) is 24.7 Å². The number of hydrogen-bond acceptors (Lipinski definition) is 8. The number of amides is 1. The second-order valence-electron chi connectivity index (χ2n) is 9.19. The van der Waals surface area contributed by atoms with Crippen LogP contribution in [0.5, 0.6) is 0 Å². The summed E-state index contributed by atoms with van der Waals surface area (Å²) in [5.74, 6) is 1.27. The molecule has 4 aromatic rings. The monoisotopic (exact) mass is 489 g/mol. The highest BCUT2D eigenvalue weighted by Gasteiger charge is 2.26. The molecule has 1 aliphatic heterocycles. The first-order valence-corrected chi connectivity index (χ1v) is 12.1. The van der Waals surface area contributed by atoms with Gasteiger partial charge in [0.1, 0.15) is 22.9 Å². The lowest BCUT2D eigenvalue weighted by Crippen LogP contribution is -2.25. The summed E-state index contributed by atoms with van der Waals surface area (Å²) in [7, 11) is 1.76. The van der Waals surface area contributed by atoms with Gasteiger partial charge in [-0.25, -0.2) is 4.98 Å². The minimum absolute atomic E-state index is 0.206. The third kappa shape index (κ3) is 4.31. The molecule has 12 nitrogen and oxygen atoms in total. The number of anilines is 3. The molecule has 0 bridgehead atoms. The lowest BCUT2D eigenvalue weighted by Gasteiger charge is -2.11. The number of hydrogen-bond donors (Lipinski definition) is 3. The van der Waals surface area contributed by atoms with Crippen molar-refractivity contribution in [1.82, 2.24) is 34.3 Å². The van der Waals surface area contributed by atoms with Crippen molar-refractivity contribution in [1.29, 1.82) is 0 Å². The van der Waals surface area contributed by atoms with Crippen molar-refractivity contribution in [3.8, 4) is 5.69 Å². The Morgan fingerprint density at radius 2 is 2.11 bits per heavy atom. The molecule has 1 saturated heterocycles. The van der Waals surface area contributed by atoms with Gasteiger partial charge in [-0.2, -0.15) is 14.7 Å². The van der Waals surface area contributed by atoms with Gasteiger partial charge in [-0.15, -0.1) is 0 Å². The summed E-state index contributed by atoms with van der Waals surface area (Å²) < 4.78 is 10.4. The van der Waals surface area contributed by atoms with Gasteiger partial charge < -0.3 is 20.7 Å². The van der Waals surface area contributed by atoms with Gasteiger partial charge in [0.2, 0.25) is 0 Å². The van der Waals surface area contributed by atoms with Crippen LogP contribution in [0.3, 0.4) is 0 Å². The summed E-state index contributed by atoms with van der Waals surface area (Å²) in [6.45, 7) is 2.28. The fourth-order valence-electron chi connectivity index (χ4n) is 4.36. The summed E-state index contributed by atoms with van der Waals surface area (Å²) in [6.07, 6.45) is 9.76. The molecule has 1 atom stereocenters. The van der Waals surface area contributed by atoms with Crippen molar-refractivity contribution in [2.75, 3.05) is 30.9 Å². The SMILES string of the molecule is CNc1cc(Nc2cccn(-c3cnn(C[C@H]4CCOC4)c3)c2=O)nc2c(C(=O)NC3CC3)cnn12. The Morgan fingerprint density at radius 1 is 1.22 bits per heavy atom. The van der Waals surface area contributed by atoms with Crippen LogP contribution in [-0.4, -0.2) is 61.2 Å². The summed E-state index contributed by atoms with van der Waals surface area (Å²) in [5.41, 5.74) is 1.56. The number of nitrogens with zero attached hydrogens (tertiary/aromatic N) is 6. The molecular weight excluding hydrogens is 462 g/mol. The first kappa shape index (κ1) is 22.3. The summed E-state index contributed by atoms with van der Waals surface area (Å²) in [5, 5.41) is 17.9. The van der Waals surface area contributed by atoms with Crippen LogP contribution in [0, 0.1) is 5.92 Å². The zero-order valence-electron chi connectivity index (χ0n) is 19.8. The molecule has 6 rings (SSSR count). The van der Waals surface area contributed by atoms with Crippen molar-refractivity contribution in [3.05, 3.63) is 58.9 Å². The number of ether oxygens (including phenoxy) is 1. The Hall–Kier alpha value is -4.19. The molecule has 0 spiro atoms. The quantitative estimate of drug-likeness (QED) is 0.341. The predicted octanol–water partition coefficient (Wildman–Crippen LogP) is 1.79. The lowest BCUT2D eigenvalue weighted by atomic mass is 10.1. The van der Waals surface area contributed by atoms with E-state index in [0.717, 1.165) is 39.0 Å². The second kappa shape index (κ2) is 9.11. The summed E-state index contributed by atoms with van der Waals surface area (Å²) >= 11 is 0. The second-order valence-corrected chi connectivity index (χ2v) is 9.19. The molecule has 1 aliphatic carbocycles. The van der Waals surface area contributed by atoms with Crippen molar-refractivity contribution < 1.29 is 9.53 Å². The third-order valence-electron chi connectivity index (χ3n) is 6.46. The first-order valence-electron chi connectivity index (χ1n) is 12.1. The van der Waals surface area contributed by atoms with Gasteiger partial charge >= 0.3 is 0 Å². The zero-order valence-corrected chi connectivity index (χ0v) is 19.8. The normalized spacial score (nSPS) is 17.4. The van der Waals surface area contributed by atoms with E-state index >= 15 is 0 Å². The molecule has 5 heterocycles. The van der Waals surface area contributed by atoms with Gasteiger partial charge in [0.15, 0.2) is 5.65 Å². The van der Waals surface area contributed by atoms with E-state index in [4.69, 9.17) is 4.74 Å². The van der Waals surface area contributed by atoms with Crippen LogP contribution in [0.4, 0.5) is 17.3 Å². The number of aromatic nitrogens is 6. The Kier molecular flexibility index (Phi) is 5.64. The molecule has 0 aromatic carbocycles. The van der Waals surface area contributed by atoms with Gasteiger partial charge in [-0.05, 0) is 31.4 Å². The molecule has 4 aromatic heterocycles. The largest absolute Gasteiger partial charge is 0.381 e. The number of pyridine rings is 1. The molecule has 186 valence electrons. The van der Waals surface area contributed by atoms with Crippen molar-refractivity contribution in [3.63, 3.8) is 0 Å². The highest BCUT2D eigenvalue weighted by atomic mass is 16.5. The number of fused-ring (bicyclic) bond motifs is 1. The molecule has 1 saturated carbocycles. The molecule has 1 amide bonds. The van der Waals surface area contributed by atoms with Crippen LogP contribution in [-0.2, 0) is 11.3 Å². The summed E-state index contributed by atoms with van der Waals surface area (Å²) in [6, 6.07) is 5.44. The molecule has 2 fully saturated rings. The molecule has 36 heavy (non-hydrogen) atoms. The topological polar surface area (TPSA) is 132 Å². The maximum Gasteiger partial charge on any atom is 0.278 e. The Bertz CT molecular complexity index is 1480. The minimum Gasteiger partial charge on any atom is -0.381 e. The van der Waals surface area contributed by atoms with E-state index in [-0.39, 0.29) is 17.5 Å².